The molecule has 2 aromatic rings. The Morgan fingerprint density at radius 3 is 3.05 bits per heavy atom. The molecule has 1 heterocycles. The van der Waals surface area contributed by atoms with Crippen molar-refractivity contribution in [2.45, 2.75) is 32.0 Å². The second kappa shape index (κ2) is 5.85. The predicted molar refractivity (Wildman–Crippen MR) is 79.2 cm³/mol. The van der Waals surface area contributed by atoms with Gasteiger partial charge in [-0.15, -0.1) is 0 Å². The van der Waals surface area contributed by atoms with Crippen LogP contribution in [0.4, 0.5) is 0 Å². The van der Waals surface area contributed by atoms with Gasteiger partial charge in [-0.25, -0.2) is 4.98 Å². The number of nitrogens with one attached hydrogen (secondary N) is 1. The number of hydrogen-bond donors (Lipinski definition) is 1. The molecule has 4 nitrogen and oxygen atoms in total. The molecular weight excluding hydrogens is 274 g/mol. The van der Waals surface area contributed by atoms with Crippen LogP contribution in [0.5, 0.6) is 5.75 Å². The summed E-state index contributed by atoms with van der Waals surface area (Å²) in [5.41, 5.74) is 2.12. The van der Waals surface area contributed by atoms with E-state index in [0.717, 1.165) is 28.6 Å². The third kappa shape index (κ3) is 3.32. The van der Waals surface area contributed by atoms with Gasteiger partial charge in [0.25, 0.3) is 0 Å². The molecule has 1 N–H and O–H groups in total. The van der Waals surface area contributed by atoms with Crippen LogP contribution in [0, 0.1) is 0 Å². The van der Waals surface area contributed by atoms with Crippen LogP contribution in [0.2, 0.25) is 5.02 Å². The zero-order valence-electron chi connectivity index (χ0n) is 11.5. The Labute approximate surface area is 123 Å². The number of halogens is 1. The van der Waals surface area contributed by atoms with Crippen LogP contribution in [0.15, 0.2) is 30.7 Å². The zero-order valence-corrected chi connectivity index (χ0v) is 12.2. The summed E-state index contributed by atoms with van der Waals surface area (Å²) in [7, 11) is 1.67. The molecule has 0 aliphatic heterocycles. The van der Waals surface area contributed by atoms with Gasteiger partial charge in [0.05, 0.1) is 25.7 Å². The molecule has 1 fully saturated rings. The van der Waals surface area contributed by atoms with Crippen molar-refractivity contribution in [3.05, 3.63) is 47.0 Å². The molecule has 0 spiro atoms. The Morgan fingerprint density at radius 2 is 2.30 bits per heavy atom. The van der Waals surface area contributed by atoms with E-state index in [1.165, 1.54) is 12.8 Å². The van der Waals surface area contributed by atoms with E-state index in [4.69, 9.17) is 16.3 Å². The zero-order chi connectivity index (χ0) is 13.9. The van der Waals surface area contributed by atoms with Crippen molar-refractivity contribution in [1.82, 2.24) is 14.9 Å². The van der Waals surface area contributed by atoms with Gasteiger partial charge in [-0.1, -0.05) is 11.6 Å². The van der Waals surface area contributed by atoms with Gasteiger partial charge in [0.1, 0.15) is 5.75 Å². The SMILES string of the molecule is COc1ccc(Cl)cc1Cn1cnc(CNC2CC2)c1. The summed E-state index contributed by atoms with van der Waals surface area (Å²) >= 11 is 6.05. The van der Waals surface area contributed by atoms with Crippen molar-refractivity contribution in [1.29, 1.82) is 0 Å². The molecule has 0 unspecified atom stereocenters. The van der Waals surface area contributed by atoms with Crippen LogP contribution in [-0.4, -0.2) is 22.7 Å². The smallest absolute Gasteiger partial charge is 0.123 e. The maximum absolute atomic E-state index is 6.05. The molecule has 1 aliphatic rings. The van der Waals surface area contributed by atoms with Gasteiger partial charge in [-0.05, 0) is 31.0 Å². The first kappa shape index (κ1) is 13.5. The Kier molecular flexibility index (Phi) is 3.94. The van der Waals surface area contributed by atoms with Crippen LogP contribution in [-0.2, 0) is 13.1 Å². The fraction of sp³-hybridized carbons (Fsp3) is 0.400. The number of ether oxygens (including phenoxy) is 1. The molecule has 1 aromatic carbocycles. The Bertz CT molecular complexity index is 593. The lowest BCUT2D eigenvalue weighted by atomic mass is 10.2. The average molecular weight is 292 g/mol. The van der Waals surface area contributed by atoms with Gasteiger partial charge in [0.15, 0.2) is 0 Å². The maximum Gasteiger partial charge on any atom is 0.123 e. The Hall–Kier alpha value is -1.52. The van der Waals surface area contributed by atoms with E-state index in [0.29, 0.717) is 12.6 Å². The summed E-state index contributed by atoms with van der Waals surface area (Å²) in [4.78, 5) is 4.42. The van der Waals surface area contributed by atoms with Crippen LogP contribution in [0.3, 0.4) is 0 Å². The summed E-state index contributed by atoms with van der Waals surface area (Å²) in [6, 6.07) is 6.36. The highest BCUT2D eigenvalue weighted by Crippen LogP contribution is 2.23. The summed E-state index contributed by atoms with van der Waals surface area (Å²) < 4.78 is 7.42. The lowest BCUT2D eigenvalue weighted by molar-refractivity contribution is 0.408. The minimum Gasteiger partial charge on any atom is -0.496 e. The van der Waals surface area contributed by atoms with Crippen LogP contribution < -0.4 is 10.1 Å². The molecule has 0 radical (unpaired) electrons. The average Bonchev–Trinajstić information content (AvgIpc) is 3.17. The third-order valence-corrected chi connectivity index (χ3v) is 3.67. The van der Waals surface area contributed by atoms with E-state index in [-0.39, 0.29) is 0 Å². The van der Waals surface area contributed by atoms with Gasteiger partial charge in [-0.2, -0.15) is 0 Å². The van der Waals surface area contributed by atoms with Crippen LogP contribution in [0.1, 0.15) is 24.1 Å². The minimum atomic E-state index is 0.702. The van der Waals surface area contributed by atoms with Crippen molar-refractivity contribution in [2.24, 2.45) is 0 Å². The maximum atomic E-state index is 6.05. The van der Waals surface area contributed by atoms with Gasteiger partial charge < -0.3 is 14.6 Å². The number of hydrogen-bond acceptors (Lipinski definition) is 3. The minimum absolute atomic E-state index is 0.702. The second-order valence-corrected chi connectivity index (χ2v) is 5.59. The quantitative estimate of drug-likeness (QED) is 0.889. The number of methoxy groups -OCH3 is 1. The lowest BCUT2D eigenvalue weighted by Gasteiger charge is -2.09. The molecule has 1 saturated carbocycles. The molecule has 0 amide bonds. The highest BCUT2D eigenvalue weighted by atomic mass is 35.5. The van der Waals surface area contributed by atoms with E-state index in [2.05, 4.69) is 21.1 Å². The van der Waals surface area contributed by atoms with Crippen LogP contribution in [0.25, 0.3) is 0 Å². The third-order valence-electron chi connectivity index (χ3n) is 3.43. The molecule has 106 valence electrons. The number of imidazole rings is 1. The van der Waals surface area contributed by atoms with Gasteiger partial charge in [0.2, 0.25) is 0 Å². The Morgan fingerprint density at radius 1 is 1.45 bits per heavy atom. The fourth-order valence-electron chi connectivity index (χ4n) is 2.19. The van der Waals surface area contributed by atoms with E-state index in [9.17, 15) is 0 Å². The summed E-state index contributed by atoms with van der Waals surface area (Å²) in [6.07, 6.45) is 6.50. The largest absolute Gasteiger partial charge is 0.496 e. The summed E-state index contributed by atoms with van der Waals surface area (Å²) in [6.45, 7) is 1.55. The van der Waals surface area contributed by atoms with Crippen molar-refractivity contribution in [3.63, 3.8) is 0 Å². The first-order valence-electron chi connectivity index (χ1n) is 6.81. The van der Waals surface area contributed by atoms with Gasteiger partial charge in [0, 0.05) is 29.4 Å². The topological polar surface area (TPSA) is 39.1 Å². The van der Waals surface area contributed by atoms with Gasteiger partial charge >= 0.3 is 0 Å². The molecule has 0 bridgehead atoms. The predicted octanol–water partition coefficient (Wildman–Crippen LogP) is 2.85. The first-order valence-corrected chi connectivity index (χ1v) is 7.19. The molecule has 5 heteroatoms. The normalized spacial score (nSPS) is 14.5. The van der Waals surface area contributed by atoms with Crippen LogP contribution >= 0.6 is 11.6 Å². The summed E-state index contributed by atoms with van der Waals surface area (Å²) in [5.74, 6) is 0.848. The number of aromatic nitrogens is 2. The Balaban J connectivity index is 1.68. The molecule has 3 rings (SSSR count). The molecule has 0 saturated heterocycles. The van der Waals surface area contributed by atoms with E-state index >= 15 is 0 Å². The molecule has 20 heavy (non-hydrogen) atoms. The molecular formula is C15H18ClN3O. The van der Waals surface area contributed by atoms with Crippen molar-refractivity contribution < 1.29 is 4.74 Å². The van der Waals surface area contributed by atoms with Crippen molar-refractivity contribution in [2.75, 3.05) is 7.11 Å². The van der Waals surface area contributed by atoms with E-state index in [1.807, 2.05) is 24.5 Å². The number of benzene rings is 1. The van der Waals surface area contributed by atoms with Gasteiger partial charge in [-0.3, -0.25) is 0 Å². The van der Waals surface area contributed by atoms with E-state index in [1.54, 1.807) is 7.11 Å². The van der Waals surface area contributed by atoms with Crippen molar-refractivity contribution in [3.8, 4) is 5.75 Å². The second-order valence-electron chi connectivity index (χ2n) is 5.15. The molecule has 1 aliphatic carbocycles. The standard InChI is InChI=1S/C15H18ClN3O/c1-20-15-5-2-12(16)6-11(15)8-19-9-14(18-10-19)7-17-13-3-4-13/h2,5-6,9-10,13,17H,3-4,7-8H2,1H3. The number of rotatable bonds is 6. The summed E-state index contributed by atoms with van der Waals surface area (Å²) in [5, 5.41) is 4.18. The fourth-order valence-corrected chi connectivity index (χ4v) is 2.38. The number of nitrogens with zero attached hydrogens (tertiary/aromatic N) is 2. The molecule has 1 aromatic heterocycles. The highest BCUT2D eigenvalue weighted by molar-refractivity contribution is 6.30. The highest BCUT2D eigenvalue weighted by Gasteiger charge is 2.20. The lowest BCUT2D eigenvalue weighted by Crippen LogP contribution is -2.15. The first-order chi connectivity index (χ1) is 9.74. The van der Waals surface area contributed by atoms with E-state index < -0.39 is 0 Å². The molecule has 0 atom stereocenters. The monoisotopic (exact) mass is 291 g/mol. The van der Waals surface area contributed by atoms with Crippen molar-refractivity contribution >= 4 is 11.6 Å².